The number of nitrogens with one attached hydrogen (secondary N) is 1. The minimum Gasteiger partial charge on any atom is -0.310 e. The van der Waals surface area contributed by atoms with E-state index < -0.39 is 0 Å². The number of hydrogen-bond donors (Lipinski definition) is 1. The van der Waals surface area contributed by atoms with Gasteiger partial charge in [-0.1, -0.05) is 30.7 Å². The van der Waals surface area contributed by atoms with Crippen LogP contribution in [-0.2, 0) is 13.5 Å². The van der Waals surface area contributed by atoms with Crippen molar-refractivity contribution in [2.75, 3.05) is 6.54 Å². The van der Waals surface area contributed by atoms with Gasteiger partial charge in [-0.25, -0.2) is 4.39 Å². The van der Waals surface area contributed by atoms with Crippen molar-refractivity contribution >= 4 is 11.6 Å². The Morgan fingerprint density at radius 3 is 2.75 bits per heavy atom. The minimum atomic E-state index is -0.223. The van der Waals surface area contributed by atoms with Gasteiger partial charge in [0.1, 0.15) is 11.0 Å². The number of hydrogen-bond acceptors (Lipinski definition) is 2. The molecule has 20 heavy (non-hydrogen) atoms. The molecule has 108 valence electrons. The summed E-state index contributed by atoms with van der Waals surface area (Å²) in [6.45, 7) is 4.78. The Labute approximate surface area is 123 Å². The Bertz CT molecular complexity index is 595. The van der Waals surface area contributed by atoms with E-state index in [1.807, 2.05) is 27.0 Å². The zero-order chi connectivity index (χ0) is 14.7. The molecule has 0 aliphatic carbocycles. The van der Waals surface area contributed by atoms with Gasteiger partial charge in [0.2, 0.25) is 0 Å². The lowest BCUT2D eigenvalue weighted by atomic mass is 9.99. The third kappa shape index (κ3) is 3.19. The van der Waals surface area contributed by atoms with Crippen molar-refractivity contribution < 1.29 is 4.39 Å². The number of benzene rings is 1. The van der Waals surface area contributed by atoms with Gasteiger partial charge in [0.25, 0.3) is 0 Å². The first-order valence-electron chi connectivity index (χ1n) is 6.69. The Morgan fingerprint density at radius 2 is 2.20 bits per heavy atom. The molecule has 0 aliphatic heterocycles. The third-order valence-electron chi connectivity index (χ3n) is 3.38. The number of nitrogens with zero attached hydrogens (tertiary/aromatic N) is 2. The summed E-state index contributed by atoms with van der Waals surface area (Å²) in [5, 5.41) is 8.33. The number of halogens is 2. The molecule has 0 fully saturated rings. The SMILES string of the molecule is CCNC(Cc1c(C)nn(C)c1Cl)c1cccc(F)c1. The topological polar surface area (TPSA) is 29.9 Å². The molecule has 5 heteroatoms. The molecule has 0 amide bonds. The average molecular weight is 296 g/mol. The highest BCUT2D eigenvalue weighted by Crippen LogP contribution is 2.26. The fourth-order valence-corrected chi connectivity index (χ4v) is 2.64. The standard InChI is InChI=1S/C15H19ClFN3/c1-4-18-14(11-6-5-7-12(17)8-11)9-13-10(2)19-20(3)15(13)16/h5-8,14,18H,4,9H2,1-3H3. The summed E-state index contributed by atoms with van der Waals surface area (Å²) >= 11 is 6.28. The molecule has 3 nitrogen and oxygen atoms in total. The van der Waals surface area contributed by atoms with Crippen molar-refractivity contribution in [3.63, 3.8) is 0 Å². The summed E-state index contributed by atoms with van der Waals surface area (Å²) in [6.07, 6.45) is 0.690. The van der Waals surface area contributed by atoms with E-state index >= 15 is 0 Å². The van der Waals surface area contributed by atoms with Gasteiger partial charge >= 0.3 is 0 Å². The van der Waals surface area contributed by atoms with Crippen LogP contribution in [0.4, 0.5) is 4.39 Å². The van der Waals surface area contributed by atoms with Crippen LogP contribution in [0.3, 0.4) is 0 Å². The molecule has 1 aromatic carbocycles. The highest BCUT2D eigenvalue weighted by molar-refractivity contribution is 6.30. The van der Waals surface area contributed by atoms with E-state index in [1.54, 1.807) is 16.8 Å². The van der Waals surface area contributed by atoms with Gasteiger partial charge < -0.3 is 5.32 Å². The minimum absolute atomic E-state index is 0.0242. The van der Waals surface area contributed by atoms with E-state index in [0.29, 0.717) is 11.6 Å². The lowest BCUT2D eigenvalue weighted by Gasteiger charge is -2.18. The lowest BCUT2D eigenvalue weighted by molar-refractivity contribution is 0.542. The predicted molar refractivity (Wildman–Crippen MR) is 79.5 cm³/mol. The van der Waals surface area contributed by atoms with Crippen LogP contribution < -0.4 is 5.32 Å². The highest BCUT2D eigenvalue weighted by atomic mass is 35.5. The van der Waals surface area contributed by atoms with Gasteiger partial charge in [-0.2, -0.15) is 5.10 Å². The lowest BCUT2D eigenvalue weighted by Crippen LogP contribution is -2.23. The maximum absolute atomic E-state index is 13.4. The van der Waals surface area contributed by atoms with E-state index in [2.05, 4.69) is 10.4 Å². The normalized spacial score (nSPS) is 12.7. The van der Waals surface area contributed by atoms with Crippen molar-refractivity contribution in [1.29, 1.82) is 0 Å². The Hall–Kier alpha value is -1.39. The number of aromatic nitrogens is 2. The van der Waals surface area contributed by atoms with Crippen LogP contribution >= 0.6 is 11.6 Å². The van der Waals surface area contributed by atoms with Crippen LogP contribution in [0.15, 0.2) is 24.3 Å². The highest BCUT2D eigenvalue weighted by Gasteiger charge is 2.18. The Kier molecular flexibility index (Phi) is 4.78. The molecule has 0 saturated carbocycles. The van der Waals surface area contributed by atoms with Gasteiger partial charge in [0.05, 0.1) is 5.69 Å². The fourth-order valence-electron chi connectivity index (χ4n) is 2.39. The van der Waals surface area contributed by atoms with Crippen molar-refractivity contribution in [2.24, 2.45) is 7.05 Å². The molecule has 2 rings (SSSR count). The number of aryl methyl sites for hydroxylation is 2. The van der Waals surface area contributed by atoms with E-state index in [4.69, 9.17) is 11.6 Å². The molecule has 0 radical (unpaired) electrons. The molecule has 1 unspecified atom stereocenters. The van der Waals surface area contributed by atoms with Crippen molar-refractivity contribution in [3.05, 3.63) is 52.1 Å². The molecule has 0 bridgehead atoms. The van der Waals surface area contributed by atoms with E-state index in [-0.39, 0.29) is 11.9 Å². The maximum atomic E-state index is 13.4. The molecule has 1 atom stereocenters. The maximum Gasteiger partial charge on any atom is 0.130 e. The zero-order valence-corrected chi connectivity index (χ0v) is 12.7. The molecular weight excluding hydrogens is 277 g/mol. The van der Waals surface area contributed by atoms with Crippen molar-refractivity contribution in [2.45, 2.75) is 26.3 Å². The van der Waals surface area contributed by atoms with Crippen molar-refractivity contribution in [3.8, 4) is 0 Å². The Balaban J connectivity index is 2.30. The van der Waals surface area contributed by atoms with Gasteiger partial charge in [-0.05, 0) is 37.6 Å². The summed E-state index contributed by atoms with van der Waals surface area (Å²) in [4.78, 5) is 0. The molecular formula is C15H19ClFN3. The smallest absolute Gasteiger partial charge is 0.130 e. The Morgan fingerprint density at radius 1 is 1.45 bits per heavy atom. The summed E-state index contributed by atoms with van der Waals surface area (Å²) in [5.74, 6) is -0.223. The molecule has 0 aliphatic rings. The second-order valence-electron chi connectivity index (χ2n) is 4.85. The summed E-state index contributed by atoms with van der Waals surface area (Å²) in [5.41, 5.74) is 2.84. The van der Waals surface area contributed by atoms with Gasteiger partial charge in [0, 0.05) is 18.7 Å². The van der Waals surface area contributed by atoms with E-state index in [9.17, 15) is 4.39 Å². The monoisotopic (exact) mass is 295 g/mol. The van der Waals surface area contributed by atoms with Gasteiger partial charge in [0.15, 0.2) is 0 Å². The predicted octanol–water partition coefficient (Wildman–Crippen LogP) is 3.41. The quantitative estimate of drug-likeness (QED) is 0.916. The third-order valence-corrected chi connectivity index (χ3v) is 3.85. The number of rotatable bonds is 5. The first-order chi connectivity index (χ1) is 9.52. The summed E-state index contributed by atoms with van der Waals surface area (Å²) in [7, 11) is 1.82. The first kappa shape index (κ1) is 15.0. The molecule has 0 spiro atoms. The largest absolute Gasteiger partial charge is 0.310 e. The van der Waals surface area contributed by atoms with Crippen LogP contribution in [0.1, 0.15) is 29.8 Å². The van der Waals surface area contributed by atoms with E-state index in [0.717, 1.165) is 23.4 Å². The zero-order valence-electron chi connectivity index (χ0n) is 12.0. The molecule has 2 aromatic rings. The molecule has 1 N–H and O–H groups in total. The van der Waals surface area contributed by atoms with Crippen LogP contribution in [0.25, 0.3) is 0 Å². The summed E-state index contributed by atoms with van der Waals surface area (Å²) in [6, 6.07) is 6.70. The average Bonchev–Trinajstić information content (AvgIpc) is 2.64. The fraction of sp³-hybridized carbons (Fsp3) is 0.400. The second-order valence-corrected chi connectivity index (χ2v) is 5.21. The van der Waals surface area contributed by atoms with Crippen molar-refractivity contribution in [1.82, 2.24) is 15.1 Å². The molecule has 1 heterocycles. The van der Waals surface area contributed by atoms with Crippen LogP contribution in [0, 0.1) is 12.7 Å². The van der Waals surface area contributed by atoms with Crippen LogP contribution in [0.5, 0.6) is 0 Å². The van der Waals surface area contributed by atoms with Crippen LogP contribution in [0.2, 0.25) is 5.15 Å². The van der Waals surface area contributed by atoms with E-state index in [1.165, 1.54) is 6.07 Å². The van der Waals surface area contributed by atoms with Crippen LogP contribution in [-0.4, -0.2) is 16.3 Å². The van der Waals surface area contributed by atoms with Gasteiger partial charge in [-0.15, -0.1) is 0 Å². The molecule has 0 saturated heterocycles. The first-order valence-corrected chi connectivity index (χ1v) is 7.07. The molecule has 1 aromatic heterocycles. The summed E-state index contributed by atoms with van der Waals surface area (Å²) < 4.78 is 15.1. The number of likely N-dealkylation sites (N-methyl/N-ethyl adjacent to an activating group) is 1. The second kappa shape index (κ2) is 6.37. The van der Waals surface area contributed by atoms with Gasteiger partial charge in [-0.3, -0.25) is 4.68 Å².